The summed E-state index contributed by atoms with van der Waals surface area (Å²) in [6, 6.07) is 18.7. The summed E-state index contributed by atoms with van der Waals surface area (Å²) in [5, 5.41) is 10.5. The molecule has 0 radical (unpaired) electrons. The van der Waals surface area contributed by atoms with Crippen molar-refractivity contribution in [3.63, 3.8) is 0 Å². The number of ether oxygens (including phenoxy) is 1. The Balaban J connectivity index is 1.35. The molecule has 0 unspecified atom stereocenters. The number of nitrogens with zero attached hydrogens (tertiary/aromatic N) is 3. The van der Waals surface area contributed by atoms with Crippen LogP contribution in [0.1, 0.15) is 56.6 Å². The van der Waals surface area contributed by atoms with Crippen molar-refractivity contribution >= 4 is 32.6 Å². The number of Topliss-reactive ketones (excluding diaryl/α,β-unsaturated/α-hetero) is 1. The first kappa shape index (κ1) is 27.9. The molecule has 1 aliphatic heterocycles. The van der Waals surface area contributed by atoms with Crippen molar-refractivity contribution in [2.75, 3.05) is 36.6 Å². The molecule has 2 aromatic carbocycles. The monoisotopic (exact) mass is 589 g/mol. The highest BCUT2D eigenvalue weighted by atomic mass is 32.2. The van der Waals surface area contributed by atoms with Crippen LogP contribution in [0.5, 0.6) is 5.75 Å². The predicted molar refractivity (Wildman–Crippen MR) is 162 cm³/mol. The fraction of sp³-hybridized carbons (Fsp3) is 0.469. The van der Waals surface area contributed by atoms with Gasteiger partial charge in [0.1, 0.15) is 16.5 Å². The average molecular weight is 590 g/mol. The lowest BCUT2D eigenvalue weighted by molar-refractivity contribution is -0.125. The third kappa shape index (κ3) is 5.91. The zero-order chi connectivity index (χ0) is 28.6. The van der Waals surface area contributed by atoms with Gasteiger partial charge in [-0.15, -0.1) is 11.3 Å². The Bertz CT molecular complexity index is 1550. The fourth-order valence-corrected chi connectivity index (χ4v) is 8.58. The van der Waals surface area contributed by atoms with Crippen LogP contribution < -0.4 is 9.64 Å². The largest absolute Gasteiger partial charge is 0.497 e. The number of rotatable bonds is 8. The lowest BCUT2D eigenvalue weighted by atomic mass is 9.73. The number of nitriles is 1. The molecule has 2 saturated carbocycles. The second kappa shape index (κ2) is 11.2. The van der Waals surface area contributed by atoms with E-state index >= 15 is 0 Å². The molecule has 41 heavy (non-hydrogen) atoms. The van der Waals surface area contributed by atoms with Crippen LogP contribution in [-0.4, -0.2) is 50.9 Å². The molecule has 6 rings (SSSR count). The van der Waals surface area contributed by atoms with Gasteiger partial charge in [0.05, 0.1) is 40.7 Å². The van der Waals surface area contributed by atoms with E-state index in [1.54, 1.807) is 18.4 Å². The first-order valence-corrected chi connectivity index (χ1v) is 17.1. The number of carbonyl (C=O) groups is 1. The standard InChI is InChI=1S/C32H35N3O4S2/c1-39-25-12-8-23(9-13-25)31-34-29(27-5-3-2-4-26(27)28(36)20-32(21-33)14-15-32)30(40-31)22-6-10-24(11-7-22)35-16-18-41(37,38)19-17-35/h6-13,26-27H,2-5,14-20H2,1H3/t26-,27-/m1/s1. The third-order valence-electron chi connectivity index (χ3n) is 8.96. The number of hydrogen-bond acceptors (Lipinski definition) is 8. The number of benzene rings is 2. The van der Waals surface area contributed by atoms with Gasteiger partial charge in [-0.25, -0.2) is 13.4 Å². The molecule has 214 valence electrons. The summed E-state index contributed by atoms with van der Waals surface area (Å²) in [5.41, 5.74) is 3.62. The Morgan fingerprint density at radius 2 is 1.71 bits per heavy atom. The topological polar surface area (TPSA) is 100 Å². The molecule has 2 aliphatic carbocycles. The maximum absolute atomic E-state index is 13.6. The molecule has 0 spiro atoms. The highest BCUT2D eigenvalue weighted by molar-refractivity contribution is 7.91. The van der Waals surface area contributed by atoms with E-state index in [1.165, 1.54) is 0 Å². The van der Waals surface area contributed by atoms with E-state index in [0.717, 1.165) is 76.7 Å². The van der Waals surface area contributed by atoms with Gasteiger partial charge in [0.25, 0.3) is 0 Å². The molecule has 2 heterocycles. The number of aromatic nitrogens is 1. The first-order chi connectivity index (χ1) is 19.8. The Morgan fingerprint density at radius 1 is 1.05 bits per heavy atom. The van der Waals surface area contributed by atoms with E-state index in [1.807, 2.05) is 24.3 Å². The molecular weight excluding hydrogens is 555 g/mol. The number of ketones is 1. The minimum absolute atomic E-state index is 0.0240. The van der Waals surface area contributed by atoms with Crippen LogP contribution in [0.3, 0.4) is 0 Å². The molecule has 0 amide bonds. The lowest BCUT2D eigenvalue weighted by Gasteiger charge is -2.31. The van der Waals surface area contributed by atoms with Crippen molar-refractivity contribution in [2.24, 2.45) is 11.3 Å². The Kier molecular flexibility index (Phi) is 7.64. The maximum atomic E-state index is 13.6. The molecule has 2 atom stereocenters. The lowest BCUT2D eigenvalue weighted by Crippen LogP contribution is -2.40. The number of sulfone groups is 1. The van der Waals surface area contributed by atoms with E-state index in [4.69, 9.17) is 9.72 Å². The third-order valence-corrected chi connectivity index (χ3v) is 11.7. The Labute approximate surface area is 246 Å². The molecule has 0 N–H and O–H groups in total. The minimum atomic E-state index is -2.94. The quantitative estimate of drug-likeness (QED) is 0.306. The summed E-state index contributed by atoms with van der Waals surface area (Å²) < 4.78 is 29.2. The summed E-state index contributed by atoms with van der Waals surface area (Å²) in [7, 11) is -1.29. The summed E-state index contributed by atoms with van der Waals surface area (Å²) in [4.78, 5) is 22.0. The van der Waals surface area contributed by atoms with Crippen LogP contribution in [0.4, 0.5) is 5.69 Å². The van der Waals surface area contributed by atoms with Gasteiger partial charge in [0.2, 0.25) is 0 Å². The molecule has 1 saturated heterocycles. The van der Waals surface area contributed by atoms with Gasteiger partial charge in [0, 0.05) is 42.6 Å². The SMILES string of the molecule is COc1ccc(-c2nc([C@@H]3CCCC[C@H]3C(=O)CC3(C#N)CC3)c(-c3ccc(N4CCS(=O)(=O)CC4)cc3)s2)cc1. The average Bonchev–Trinajstić information content (AvgIpc) is 3.63. The second-order valence-corrected chi connectivity index (χ2v) is 15.0. The number of methoxy groups -OCH3 is 1. The molecule has 3 aliphatic rings. The molecule has 0 bridgehead atoms. The summed E-state index contributed by atoms with van der Waals surface area (Å²) in [5.74, 6) is 1.28. The number of thiazole rings is 1. The molecular formula is C32H35N3O4S2. The Morgan fingerprint density at radius 3 is 2.34 bits per heavy atom. The van der Waals surface area contributed by atoms with E-state index in [2.05, 4.69) is 35.2 Å². The Hall–Kier alpha value is -3.22. The minimum Gasteiger partial charge on any atom is -0.497 e. The van der Waals surface area contributed by atoms with Crippen molar-refractivity contribution in [1.29, 1.82) is 5.26 Å². The molecule has 1 aromatic heterocycles. The van der Waals surface area contributed by atoms with E-state index in [9.17, 15) is 18.5 Å². The van der Waals surface area contributed by atoms with Gasteiger partial charge < -0.3 is 9.64 Å². The van der Waals surface area contributed by atoms with E-state index in [-0.39, 0.29) is 29.1 Å². The van der Waals surface area contributed by atoms with Crippen LogP contribution in [0.15, 0.2) is 48.5 Å². The fourth-order valence-electron chi connectivity index (χ4n) is 6.23. The zero-order valence-electron chi connectivity index (χ0n) is 23.3. The highest BCUT2D eigenvalue weighted by Crippen LogP contribution is 2.51. The summed E-state index contributed by atoms with van der Waals surface area (Å²) >= 11 is 1.65. The van der Waals surface area contributed by atoms with Gasteiger partial charge in [0.15, 0.2) is 9.84 Å². The van der Waals surface area contributed by atoms with Crippen molar-refractivity contribution < 1.29 is 17.9 Å². The van der Waals surface area contributed by atoms with Crippen molar-refractivity contribution in [3.8, 4) is 32.8 Å². The molecule has 3 fully saturated rings. The predicted octanol–water partition coefficient (Wildman–Crippen LogP) is 6.26. The van der Waals surface area contributed by atoms with Crippen molar-refractivity contribution in [2.45, 2.75) is 50.9 Å². The van der Waals surface area contributed by atoms with Crippen LogP contribution in [-0.2, 0) is 14.6 Å². The molecule has 9 heteroatoms. The van der Waals surface area contributed by atoms with Gasteiger partial charge >= 0.3 is 0 Å². The van der Waals surface area contributed by atoms with Crippen molar-refractivity contribution in [3.05, 3.63) is 54.2 Å². The smallest absolute Gasteiger partial charge is 0.153 e. The van der Waals surface area contributed by atoms with Crippen LogP contribution >= 0.6 is 11.3 Å². The van der Waals surface area contributed by atoms with Crippen LogP contribution in [0, 0.1) is 22.7 Å². The van der Waals surface area contributed by atoms with Gasteiger partial charge in [-0.2, -0.15) is 5.26 Å². The van der Waals surface area contributed by atoms with Crippen LogP contribution in [0.2, 0.25) is 0 Å². The number of anilines is 1. The zero-order valence-corrected chi connectivity index (χ0v) is 25.0. The van der Waals surface area contributed by atoms with Crippen LogP contribution in [0.25, 0.3) is 21.0 Å². The first-order valence-electron chi connectivity index (χ1n) is 14.4. The highest BCUT2D eigenvalue weighted by Gasteiger charge is 2.47. The summed E-state index contributed by atoms with van der Waals surface area (Å²) in [6.07, 6.45) is 5.85. The van der Waals surface area contributed by atoms with Gasteiger partial charge in [-0.05, 0) is 67.6 Å². The van der Waals surface area contributed by atoms with Crippen molar-refractivity contribution in [1.82, 2.24) is 4.98 Å². The molecule has 3 aromatic rings. The van der Waals surface area contributed by atoms with E-state index < -0.39 is 15.3 Å². The van der Waals surface area contributed by atoms with Gasteiger partial charge in [-0.1, -0.05) is 25.0 Å². The summed E-state index contributed by atoms with van der Waals surface area (Å²) in [6.45, 7) is 1.01. The maximum Gasteiger partial charge on any atom is 0.153 e. The second-order valence-electron chi connectivity index (χ2n) is 11.7. The normalized spacial score (nSPS) is 23.0. The molecule has 7 nitrogen and oxygen atoms in total. The van der Waals surface area contributed by atoms with E-state index in [0.29, 0.717) is 19.5 Å². The van der Waals surface area contributed by atoms with Gasteiger partial charge in [-0.3, -0.25) is 4.79 Å². The number of carbonyl (C=O) groups excluding carboxylic acids is 1. The number of hydrogen-bond donors (Lipinski definition) is 0.